The maximum Gasteiger partial charge on any atom is 0.262 e. The maximum atomic E-state index is 12.0. The first-order valence-corrected chi connectivity index (χ1v) is 7.81. The second kappa shape index (κ2) is 8.20. The van der Waals surface area contributed by atoms with E-state index in [0.29, 0.717) is 23.8 Å². The molecule has 4 nitrogen and oxygen atoms in total. The molecule has 0 aliphatic carbocycles. The Morgan fingerprint density at radius 2 is 1.71 bits per heavy atom. The van der Waals surface area contributed by atoms with Crippen molar-refractivity contribution in [1.82, 2.24) is 0 Å². The van der Waals surface area contributed by atoms with Crippen molar-refractivity contribution in [3.8, 4) is 11.5 Å². The highest BCUT2D eigenvalue weighted by molar-refractivity contribution is 5.92. The molecule has 4 heteroatoms. The normalized spacial score (nSPS) is 10.1. The number of rotatable bonds is 7. The van der Waals surface area contributed by atoms with Crippen LogP contribution in [0.1, 0.15) is 18.1 Å². The van der Waals surface area contributed by atoms with Gasteiger partial charge in [0.1, 0.15) is 18.1 Å². The van der Waals surface area contributed by atoms with Gasteiger partial charge in [0.25, 0.3) is 5.91 Å². The maximum absolute atomic E-state index is 12.0. The van der Waals surface area contributed by atoms with Crippen LogP contribution >= 0.6 is 0 Å². The number of nitrogens with one attached hydrogen (secondary N) is 1. The topological polar surface area (TPSA) is 47.6 Å². The van der Waals surface area contributed by atoms with Crippen LogP contribution in [-0.2, 0) is 4.79 Å². The molecule has 1 N–H and O–H groups in total. The van der Waals surface area contributed by atoms with E-state index in [0.717, 1.165) is 11.1 Å². The Morgan fingerprint density at radius 3 is 2.42 bits per heavy atom. The number of carbonyl (C=O) groups is 1. The van der Waals surface area contributed by atoms with Gasteiger partial charge in [0, 0.05) is 11.8 Å². The number of hydrogen-bond donors (Lipinski definition) is 1. The number of aryl methyl sites for hydroxylation is 2. The number of hydrogen-bond acceptors (Lipinski definition) is 3. The number of carbonyl (C=O) groups excluding carboxylic acids is 1. The monoisotopic (exact) mass is 325 g/mol. The van der Waals surface area contributed by atoms with Gasteiger partial charge in [-0.1, -0.05) is 18.7 Å². The van der Waals surface area contributed by atoms with Crippen LogP contribution in [0.25, 0.3) is 0 Å². The highest BCUT2D eigenvalue weighted by Crippen LogP contribution is 2.19. The van der Waals surface area contributed by atoms with Crippen molar-refractivity contribution in [3.05, 3.63) is 65.7 Å². The summed E-state index contributed by atoms with van der Waals surface area (Å²) >= 11 is 0. The Hall–Kier alpha value is -2.75. The summed E-state index contributed by atoms with van der Waals surface area (Å²) < 4.78 is 11.1. The summed E-state index contributed by atoms with van der Waals surface area (Å²) in [5, 5.41) is 2.80. The third kappa shape index (κ3) is 5.47. The lowest BCUT2D eigenvalue weighted by Gasteiger charge is -2.10. The molecule has 0 atom stereocenters. The van der Waals surface area contributed by atoms with Gasteiger partial charge in [0.15, 0.2) is 6.61 Å². The minimum atomic E-state index is -0.217. The molecule has 0 aliphatic heterocycles. The minimum Gasteiger partial charge on any atom is -0.489 e. The third-order valence-corrected chi connectivity index (χ3v) is 3.45. The molecule has 0 heterocycles. The fraction of sp³-hybridized carbons (Fsp3) is 0.250. The quantitative estimate of drug-likeness (QED) is 0.773. The van der Waals surface area contributed by atoms with Crippen molar-refractivity contribution >= 4 is 11.6 Å². The van der Waals surface area contributed by atoms with E-state index in [1.165, 1.54) is 5.56 Å². The summed E-state index contributed by atoms with van der Waals surface area (Å²) in [5.41, 5.74) is 3.93. The first-order chi connectivity index (χ1) is 11.4. The van der Waals surface area contributed by atoms with E-state index >= 15 is 0 Å². The van der Waals surface area contributed by atoms with Gasteiger partial charge in [-0.2, -0.15) is 0 Å². The van der Waals surface area contributed by atoms with E-state index in [4.69, 9.17) is 9.47 Å². The van der Waals surface area contributed by atoms with E-state index in [-0.39, 0.29) is 12.5 Å². The highest BCUT2D eigenvalue weighted by atomic mass is 16.5. The summed E-state index contributed by atoms with van der Waals surface area (Å²) in [6.45, 7) is 10.2. The Kier molecular flexibility index (Phi) is 6.01. The van der Waals surface area contributed by atoms with Crippen LogP contribution in [0, 0.1) is 13.8 Å². The number of anilines is 1. The summed E-state index contributed by atoms with van der Waals surface area (Å²) in [4.78, 5) is 12.0. The number of ether oxygens (including phenoxy) is 2. The molecular weight excluding hydrogens is 302 g/mol. The van der Waals surface area contributed by atoms with Crippen molar-refractivity contribution in [2.45, 2.75) is 20.8 Å². The number of amides is 1. The first-order valence-electron chi connectivity index (χ1n) is 7.81. The van der Waals surface area contributed by atoms with Crippen molar-refractivity contribution < 1.29 is 14.3 Å². The fourth-order valence-electron chi connectivity index (χ4n) is 2.02. The minimum absolute atomic E-state index is 0.0423. The van der Waals surface area contributed by atoms with Crippen LogP contribution in [0.3, 0.4) is 0 Å². The molecule has 2 rings (SSSR count). The third-order valence-electron chi connectivity index (χ3n) is 3.45. The van der Waals surface area contributed by atoms with Crippen LogP contribution < -0.4 is 14.8 Å². The van der Waals surface area contributed by atoms with Gasteiger partial charge in [-0.15, -0.1) is 0 Å². The van der Waals surface area contributed by atoms with Crippen molar-refractivity contribution in [3.63, 3.8) is 0 Å². The molecule has 2 aromatic carbocycles. The largest absolute Gasteiger partial charge is 0.489 e. The fourth-order valence-corrected chi connectivity index (χ4v) is 2.02. The van der Waals surface area contributed by atoms with E-state index in [2.05, 4.69) is 11.9 Å². The standard InChI is InChI=1S/C20H23NO3/c1-14(2)12-23-18-7-5-6-17(11-18)21-20(22)13-24-19-9-8-15(3)16(4)10-19/h5-11H,1,12-13H2,2-4H3,(H,21,22). The lowest BCUT2D eigenvalue weighted by atomic mass is 10.1. The highest BCUT2D eigenvalue weighted by Gasteiger charge is 2.05. The van der Waals surface area contributed by atoms with Crippen LogP contribution in [0.2, 0.25) is 0 Å². The summed E-state index contributed by atoms with van der Waals surface area (Å²) in [6.07, 6.45) is 0. The van der Waals surface area contributed by atoms with E-state index < -0.39 is 0 Å². The van der Waals surface area contributed by atoms with Crippen LogP contribution in [0.15, 0.2) is 54.6 Å². The zero-order chi connectivity index (χ0) is 17.5. The van der Waals surface area contributed by atoms with Gasteiger partial charge in [-0.3, -0.25) is 4.79 Å². The average molecular weight is 325 g/mol. The van der Waals surface area contributed by atoms with Gasteiger partial charge in [-0.05, 0) is 61.7 Å². The molecule has 2 aromatic rings. The SMILES string of the molecule is C=C(C)COc1cccc(NC(=O)COc2ccc(C)c(C)c2)c1. The predicted octanol–water partition coefficient (Wildman–Crippen LogP) is 4.28. The van der Waals surface area contributed by atoms with Crippen LogP contribution in [0.5, 0.6) is 11.5 Å². The molecule has 0 spiro atoms. The van der Waals surface area contributed by atoms with E-state index in [1.54, 1.807) is 6.07 Å². The smallest absolute Gasteiger partial charge is 0.262 e. The molecule has 0 bridgehead atoms. The molecule has 24 heavy (non-hydrogen) atoms. The van der Waals surface area contributed by atoms with Gasteiger partial charge in [0.2, 0.25) is 0 Å². The molecule has 126 valence electrons. The Bertz CT molecular complexity index is 737. The zero-order valence-corrected chi connectivity index (χ0v) is 14.4. The van der Waals surface area contributed by atoms with Crippen LogP contribution in [-0.4, -0.2) is 19.1 Å². The molecule has 0 radical (unpaired) electrons. The van der Waals surface area contributed by atoms with Crippen LogP contribution in [0.4, 0.5) is 5.69 Å². The van der Waals surface area contributed by atoms with Gasteiger partial charge in [-0.25, -0.2) is 0 Å². The van der Waals surface area contributed by atoms with Gasteiger partial charge >= 0.3 is 0 Å². The summed E-state index contributed by atoms with van der Waals surface area (Å²) in [6, 6.07) is 13.0. The average Bonchev–Trinajstić information content (AvgIpc) is 2.54. The van der Waals surface area contributed by atoms with E-state index in [1.807, 2.05) is 57.2 Å². The second-order valence-electron chi connectivity index (χ2n) is 5.86. The molecule has 0 unspecified atom stereocenters. The molecule has 1 amide bonds. The van der Waals surface area contributed by atoms with Crippen molar-refractivity contribution in [2.75, 3.05) is 18.5 Å². The molecule has 0 saturated carbocycles. The molecule has 0 aromatic heterocycles. The summed E-state index contributed by atoms with van der Waals surface area (Å²) in [7, 11) is 0. The zero-order valence-electron chi connectivity index (χ0n) is 14.4. The summed E-state index contributed by atoms with van der Waals surface area (Å²) in [5.74, 6) is 1.16. The van der Waals surface area contributed by atoms with Gasteiger partial charge < -0.3 is 14.8 Å². The Morgan fingerprint density at radius 1 is 1.00 bits per heavy atom. The molecule has 0 aliphatic rings. The second-order valence-corrected chi connectivity index (χ2v) is 5.86. The Labute approximate surface area is 143 Å². The van der Waals surface area contributed by atoms with Crippen molar-refractivity contribution in [1.29, 1.82) is 0 Å². The molecule has 0 fully saturated rings. The predicted molar refractivity (Wildman–Crippen MR) is 96.8 cm³/mol. The van der Waals surface area contributed by atoms with E-state index in [9.17, 15) is 4.79 Å². The van der Waals surface area contributed by atoms with Gasteiger partial charge in [0.05, 0.1) is 0 Å². The molecule has 0 saturated heterocycles. The molecular formula is C20H23NO3. The van der Waals surface area contributed by atoms with Crippen molar-refractivity contribution in [2.24, 2.45) is 0 Å². The number of benzene rings is 2. The lowest BCUT2D eigenvalue weighted by Crippen LogP contribution is -2.20. The Balaban J connectivity index is 1.88. The lowest BCUT2D eigenvalue weighted by molar-refractivity contribution is -0.118. The first kappa shape index (κ1) is 17.6.